The van der Waals surface area contributed by atoms with Gasteiger partial charge in [0.15, 0.2) is 0 Å². The average molecular weight is 350 g/mol. The third-order valence-electron chi connectivity index (χ3n) is 4.31. The van der Waals surface area contributed by atoms with Crippen molar-refractivity contribution in [2.45, 2.75) is 26.3 Å². The molecule has 2 heterocycles. The van der Waals surface area contributed by atoms with E-state index in [0.717, 1.165) is 37.1 Å². The monoisotopic (exact) mass is 349 g/mol. The Bertz CT molecular complexity index is 568. The summed E-state index contributed by atoms with van der Waals surface area (Å²) >= 11 is 1.46. The Labute approximate surface area is 148 Å². The second-order valence-electron chi connectivity index (χ2n) is 6.55. The van der Waals surface area contributed by atoms with Gasteiger partial charge in [-0.2, -0.15) is 4.40 Å². The Morgan fingerprint density at radius 3 is 3.12 bits per heavy atom. The van der Waals surface area contributed by atoms with Crippen LogP contribution >= 0.6 is 11.9 Å². The maximum atomic E-state index is 5.88. The summed E-state index contributed by atoms with van der Waals surface area (Å²) in [6.45, 7) is 7.25. The van der Waals surface area contributed by atoms with Crippen molar-refractivity contribution in [2.24, 2.45) is 16.2 Å². The Morgan fingerprint density at radius 1 is 1.46 bits per heavy atom. The van der Waals surface area contributed by atoms with Crippen molar-refractivity contribution in [3.05, 3.63) is 29.8 Å². The van der Waals surface area contributed by atoms with E-state index in [9.17, 15) is 0 Å². The third kappa shape index (κ3) is 5.03. The summed E-state index contributed by atoms with van der Waals surface area (Å²) < 4.78 is 10.1. The molecule has 0 saturated carbocycles. The van der Waals surface area contributed by atoms with Crippen molar-refractivity contribution in [3.63, 3.8) is 0 Å². The smallest absolute Gasteiger partial charge is 0.220 e. The maximum Gasteiger partial charge on any atom is 0.220 e. The molecule has 132 valence electrons. The highest BCUT2D eigenvalue weighted by atomic mass is 32.2. The summed E-state index contributed by atoms with van der Waals surface area (Å²) in [5.41, 5.74) is 1.33. The van der Waals surface area contributed by atoms with Gasteiger partial charge in [0, 0.05) is 31.6 Å². The topological polar surface area (TPSA) is 66.1 Å². The predicted molar refractivity (Wildman–Crippen MR) is 99.5 cm³/mol. The highest BCUT2D eigenvalue weighted by Crippen LogP contribution is 2.20. The highest BCUT2D eigenvalue weighted by Gasteiger charge is 2.18. The van der Waals surface area contributed by atoms with E-state index in [1.54, 1.807) is 5.01 Å². The third-order valence-corrected chi connectivity index (χ3v) is 5.00. The number of ether oxygens (including phenoxy) is 1. The van der Waals surface area contributed by atoms with Gasteiger partial charge in [-0.25, -0.2) is 5.84 Å². The quantitative estimate of drug-likeness (QED) is 0.446. The number of benzene rings is 1. The Morgan fingerprint density at radius 2 is 2.38 bits per heavy atom. The molecule has 3 rings (SSSR count). The number of nitrogens with two attached hydrogens (primary N) is 1. The summed E-state index contributed by atoms with van der Waals surface area (Å²) in [6.07, 6.45) is 2.22. The second-order valence-corrected chi connectivity index (χ2v) is 7.25. The average Bonchev–Trinajstić information content (AvgIpc) is 3.16. The number of hydrogen-bond acceptors (Lipinski definition) is 7. The van der Waals surface area contributed by atoms with Gasteiger partial charge in [0.1, 0.15) is 11.6 Å². The van der Waals surface area contributed by atoms with Gasteiger partial charge >= 0.3 is 0 Å². The molecule has 0 radical (unpaired) electrons. The van der Waals surface area contributed by atoms with E-state index < -0.39 is 0 Å². The van der Waals surface area contributed by atoms with Crippen molar-refractivity contribution >= 4 is 17.9 Å². The number of likely N-dealkylation sites (tertiary alicyclic amines) is 1. The number of guanidine groups is 1. The molecule has 1 saturated heterocycles. The largest absolute Gasteiger partial charge is 0.494 e. The molecule has 0 spiro atoms. The number of nitrogens with zero attached hydrogens (tertiary/aromatic N) is 3. The van der Waals surface area contributed by atoms with E-state index in [0.29, 0.717) is 12.5 Å². The lowest BCUT2D eigenvalue weighted by Crippen LogP contribution is -2.43. The van der Waals surface area contributed by atoms with Crippen LogP contribution in [-0.2, 0) is 6.54 Å². The first kappa shape index (κ1) is 17.4. The molecule has 0 aliphatic carbocycles. The molecule has 1 fully saturated rings. The minimum absolute atomic E-state index is 0.683. The van der Waals surface area contributed by atoms with Crippen molar-refractivity contribution in [1.82, 2.24) is 15.2 Å². The first-order valence-corrected chi connectivity index (χ1v) is 9.55. The van der Waals surface area contributed by atoms with Crippen LogP contribution in [-0.4, -0.2) is 48.0 Å². The van der Waals surface area contributed by atoms with Crippen molar-refractivity contribution < 1.29 is 4.74 Å². The van der Waals surface area contributed by atoms with Crippen LogP contribution in [0.2, 0.25) is 0 Å². The number of nitrogens with one attached hydrogen (secondary N) is 1. The lowest BCUT2D eigenvalue weighted by molar-refractivity contribution is 0.305. The van der Waals surface area contributed by atoms with Gasteiger partial charge in [-0.3, -0.25) is 9.91 Å². The number of hydrogen-bond donors (Lipinski definition) is 2. The molecule has 7 heteroatoms. The Hall–Kier alpha value is -1.44. The molecule has 1 aromatic rings. The van der Waals surface area contributed by atoms with Crippen LogP contribution in [0.1, 0.15) is 25.3 Å². The van der Waals surface area contributed by atoms with Crippen molar-refractivity contribution in [1.29, 1.82) is 0 Å². The normalized spacial score (nSPS) is 21.2. The van der Waals surface area contributed by atoms with E-state index in [4.69, 9.17) is 10.6 Å². The fourth-order valence-corrected chi connectivity index (χ4v) is 3.62. The van der Waals surface area contributed by atoms with Gasteiger partial charge < -0.3 is 10.1 Å². The van der Waals surface area contributed by atoms with Crippen LogP contribution in [0.3, 0.4) is 0 Å². The molecule has 24 heavy (non-hydrogen) atoms. The summed E-state index contributed by atoms with van der Waals surface area (Å²) in [7, 11) is 0. The summed E-state index contributed by atoms with van der Waals surface area (Å²) in [5, 5.41) is 4.84. The van der Waals surface area contributed by atoms with Crippen LogP contribution in [0.5, 0.6) is 5.75 Å². The zero-order valence-corrected chi connectivity index (χ0v) is 15.1. The second kappa shape index (κ2) is 8.60. The molecule has 1 aromatic carbocycles. The van der Waals surface area contributed by atoms with Crippen LogP contribution in [0, 0.1) is 5.92 Å². The van der Waals surface area contributed by atoms with E-state index >= 15 is 0 Å². The molecular formula is C17H27N5OS. The molecule has 0 amide bonds. The lowest BCUT2D eigenvalue weighted by Gasteiger charge is -2.16. The van der Waals surface area contributed by atoms with Gasteiger partial charge in [0.25, 0.3) is 0 Å². The van der Waals surface area contributed by atoms with Gasteiger partial charge in [0.05, 0.1) is 6.61 Å². The first-order valence-electron chi connectivity index (χ1n) is 8.61. The van der Waals surface area contributed by atoms with E-state index in [1.807, 2.05) is 6.07 Å². The fraction of sp³-hybridized carbons (Fsp3) is 0.588. The van der Waals surface area contributed by atoms with Crippen molar-refractivity contribution in [3.8, 4) is 5.75 Å². The predicted octanol–water partition coefficient (Wildman–Crippen LogP) is 2.04. The van der Waals surface area contributed by atoms with E-state index in [-0.39, 0.29) is 0 Å². The Kier molecular flexibility index (Phi) is 6.23. The van der Waals surface area contributed by atoms with Gasteiger partial charge in [-0.05, 0) is 43.0 Å². The molecule has 1 atom stereocenters. The van der Waals surface area contributed by atoms with E-state index in [2.05, 4.69) is 39.7 Å². The van der Waals surface area contributed by atoms with Crippen LogP contribution in [0.4, 0.5) is 0 Å². The first-order chi connectivity index (χ1) is 11.7. The van der Waals surface area contributed by atoms with Crippen LogP contribution in [0.25, 0.3) is 0 Å². The lowest BCUT2D eigenvalue weighted by atomic mass is 10.2. The minimum atomic E-state index is 0.683. The molecule has 6 nitrogen and oxygen atoms in total. The molecule has 3 N–H and O–H groups in total. The van der Waals surface area contributed by atoms with Crippen LogP contribution < -0.4 is 15.9 Å². The number of hydrazine groups is 1. The molecule has 0 bridgehead atoms. The van der Waals surface area contributed by atoms with Gasteiger partial charge in [0.2, 0.25) is 5.96 Å². The molecule has 1 unspecified atom stereocenters. The summed E-state index contributed by atoms with van der Waals surface area (Å²) in [4.78, 5) is 2.52. The maximum absolute atomic E-state index is 5.88. The molecular weight excluding hydrogens is 322 g/mol. The van der Waals surface area contributed by atoms with E-state index in [1.165, 1.54) is 37.0 Å². The fourth-order valence-electron chi connectivity index (χ4n) is 3.02. The van der Waals surface area contributed by atoms with Gasteiger partial charge in [-0.1, -0.05) is 19.1 Å². The minimum Gasteiger partial charge on any atom is -0.494 e. The Balaban J connectivity index is 1.37. The zero-order valence-electron chi connectivity index (χ0n) is 14.3. The highest BCUT2D eigenvalue weighted by molar-refractivity contribution is 7.98. The standard InChI is InChI=1S/C17H27N5OS/c1-14-6-8-21(11-14)12-15-4-2-5-16(10-15)23-9-3-7-19-17-20-24-13-22(17)18/h2,4-5,10,14H,3,6-9,11-13,18H2,1H3,(H,19,20). The van der Waals surface area contributed by atoms with Crippen molar-refractivity contribution in [2.75, 3.05) is 32.1 Å². The molecule has 2 aliphatic heterocycles. The summed E-state index contributed by atoms with van der Waals surface area (Å²) in [6, 6.07) is 8.46. The summed E-state index contributed by atoms with van der Waals surface area (Å²) in [5.74, 6) is 9.00. The molecule has 2 aliphatic rings. The number of rotatable bonds is 7. The zero-order chi connectivity index (χ0) is 16.8. The SMILES string of the molecule is CC1CCN(Cc2cccc(OCCCNC3=NSCN3N)c2)C1. The van der Waals surface area contributed by atoms with Crippen LogP contribution in [0.15, 0.2) is 28.7 Å². The van der Waals surface area contributed by atoms with Gasteiger partial charge in [-0.15, -0.1) is 0 Å². The molecule has 0 aromatic heterocycles.